The van der Waals surface area contributed by atoms with Crippen molar-refractivity contribution in [3.8, 4) is 11.5 Å². The Morgan fingerprint density at radius 1 is 1.00 bits per heavy atom. The third-order valence-corrected chi connectivity index (χ3v) is 4.23. The smallest absolute Gasteiger partial charge is 0.270 e. The Morgan fingerprint density at radius 2 is 1.78 bits per heavy atom. The van der Waals surface area contributed by atoms with E-state index in [9.17, 15) is 4.79 Å². The van der Waals surface area contributed by atoms with E-state index >= 15 is 0 Å². The summed E-state index contributed by atoms with van der Waals surface area (Å²) in [7, 11) is 0. The van der Waals surface area contributed by atoms with Crippen molar-refractivity contribution >= 4 is 17.3 Å². The van der Waals surface area contributed by atoms with Crippen molar-refractivity contribution in [3.63, 3.8) is 0 Å². The summed E-state index contributed by atoms with van der Waals surface area (Å²) in [6.45, 7) is 2.73. The molecule has 1 aliphatic heterocycles. The Hall–Kier alpha value is -3.54. The van der Waals surface area contributed by atoms with Crippen molar-refractivity contribution in [1.82, 2.24) is 10.3 Å². The van der Waals surface area contributed by atoms with Crippen LogP contribution in [0.5, 0.6) is 11.5 Å². The molecule has 0 spiro atoms. The van der Waals surface area contributed by atoms with Crippen molar-refractivity contribution in [1.29, 1.82) is 0 Å². The minimum Gasteiger partial charge on any atom is -0.454 e. The van der Waals surface area contributed by atoms with E-state index in [2.05, 4.69) is 15.6 Å². The largest absolute Gasteiger partial charge is 0.454 e. The number of rotatable bonds is 5. The molecule has 4 rings (SSSR count). The van der Waals surface area contributed by atoms with Crippen LogP contribution < -0.4 is 20.1 Å². The summed E-state index contributed by atoms with van der Waals surface area (Å²) in [4.78, 5) is 16.6. The van der Waals surface area contributed by atoms with Crippen molar-refractivity contribution in [2.24, 2.45) is 0 Å². The zero-order valence-corrected chi connectivity index (χ0v) is 14.9. The van der Waals surface area contributed by atoms with Crippen LogP contribution in [-0.2, 0) is 6.54 Å². The lowest BCUT2D eigenvalue weighted by molar-refractivity contribution is 0.0946. The van der Waals surface area contributed by atoms with Gasteiger partial charge in [-0.25, -0.2) is 0 Å². The average molecular weight is 361 g/mol. The normalized spacial score (nSPS) is 11.9. The highest BCUT2D eigenvalue weighted by molar-refractivity contribution is 5.93. The number of nitrogens with zero attached hydrogens (tertiary/aromatic N) is 1. The third-order valence-electron chi connectivity index (χ3n) is 4.23. The van der Waals surface area contributed by atoms with Crippen molar-refractivity contribution in [3.05, 3.63) is 77.6 Å². The summed E-state index contributed by atoms with van der Waals surface area (Å²) in [6, 6.07) is 17.2. The van der Waals surface area contributed by atoms with E-state index in [0.717, 1.165) is 22.7 Å². The highest BCUT2D eigenvalue weighted by atomic mass is 16.7. The maximum atomic E-state index is 12.4. The molecule has 2 heterocycles. The van der Waals surface area contributed by atoms with Gasteiger partial charge in [0.1, 0.15) is 5.69 Å². The Labute approximate surface area is 157 Å². The number of hydrogen-bond donors (Lipinski definition) is 2. The third kappa shape index (κ3) is 4.00. The van der Waals surface area contributed by atoms with E-state index in [1.54, 1.807) is 18.3 Å². The molecule has 0 fully saturated rings. The van der Waals surface area contributed by atoms with E-state index < -0.39 is 0 Å². The van der Waals surface area contributed by atoms with E-state index in [-0.39, 0.29) is 12.7 Å². The number of ether oxygens (including phenoxy) is 2. The number of fused-ring (bicyclic) bond motifs is 1. The molecule has 3 aromatic rings. The second-order valence-corrected chi connectivity index (χ2v) is 6.29. The molecule has 0 atom stereocenters. The van der Waals surface area contributed by atoms with Gasteiger partial charge < -0.3 is 20.1 Å². The maximum Gasteiger partial charge on any atom is 0.270 e. The number of pyridine rings is 1. The topological polar surface area (TPSA) is 72.5 Å². The predicted molar refractivity (Wildman–Crippen MR) is 102 cm³/mol. The first-order chi connectivity index (χ1) is 13.2. The molecule has 1 aromatic heterocycles. The van der Waals surface area contributed by atoms with Crippen LogP contribution in [0.3, 0.4) is 0 Å². The van der Waals surface area contributed by atoms with Crippen LogP contribution in [-0.4, -0.2) is 17.7 Å². The summed E-state index contributed by atoms with van der Waals surface area (Å²) < 4.78 is 10.7. The SMILES string of the molecule is Cc1ccc(CNC(=O)c2cc(Nc3ccc4c(c3)OCO4)ccn2)cc1. The number of anilines is 2. The van der Waals surface area contributed by atoms with E-state index in [1.807, 2.05) is 49.4 Å². The Balaban J connectivity index is 1.42. The van der Waals surface area contributed by atoms with Gasteiger partial charge >= 0.3 is 0 Å². The molecule has 0 unspecified atom stereocenters. The first kappa shape index (κ1) is 16.9. The van der Waals surface area contributed by atoms with Crippen LogP contribution in [0.1, 0.15) is 21.6 Å². The molecule has 0 bridgehead atoms. The van der Waals surface area contributed by atoms with Crippen molar-refractivity contribution < 1.29 is 14.3 Å². The number of amides is 1. The standard InChI is InChI=1S/C21H19N3O3/c1-14-2-4-15(5-3-14)12-23-21(25)18-10-17(8-9-22-18)24-16-6-7-19-20(11-16)27-13-26-19/h2-11H,12-13H2,1H3,(H,22,24)(H,23,25). The van der Waals surface area contributed by atoms with Crippen LogP contribution in [0.25, 0.3) is 0 Å². The van der Waals surface area contributed by atoms with Gasteiger partial charge in [-0.15, -0.1) is 0 Å². The van der Waals surface area contributed by atoms with Gasteiger partial charge in [-0.2, -0.15) is 0 Å². The predicted octanol–water partition coefficient (Wildman–Crippen LogP) is 3.79. The number of aromatic nitrogens is 1. The quantitative estimate of drug-likeness (QED) is 0.723. The van der Waals surface area contributed by atoms with Gasteiger partial charge in [-0.05, 0) is 36.8 Å². The highest BCUT2D eigenvalue weighted by Gasteiger charge is 2.13. The number of benzene rings is 2. The highest BCUT2D eigenvalue weighted by Crippen LogP contribution is 2.35. The fourth-order valence-electron chi connectivity index (χ4n) is 2.75. The van der Waals surface area contributed by atoms with Crippen LogP contribution in [0.15, 0.2) is 60.8 Å². The molecule has 0 aliphatic carbocycles. The van der Waals surface area contributed by atoms with Gasteiger partial charge in [0.2, 0.25) is 6.79 Å². The van der Waals surface area contributed by atoms with E-state index in [4.69, 9.17) is 9.47 Å². The molecule has 6 heteroatoms. The second-order valence-electron chi connectivity index (χ2n) is 6.29. The van der Waals surface area contributed by atoms with Gasteiger partial charge in [-0.1, -0.05) is 29.8 Å². The number of aryl methyl sites for hydroxylation is 1. The minimum absolute atomic E-state index is 0.218. The molecular formula is C21H19N3O3. The Bertz CT molecular complexity index is 971. The maximum absolute atomic E-state index is 12.4. The Morgan fingerprint density at radius 3 is 2.63 bits per heavy atom. The number of hydrogen-bond acceptors (Lipinski definition) is 5. The summed E-state index contributed by atoms with van der Waals surface area (Å²) in [6.07, 6.45) is 1.61. The second kappa shape index (κ2) is 7.37. The molecule has 2 N–H and O–H groups in total. The lowest BCUT2D eigenvalue weighted by atomic mass is 10.1. The molecule has 2 aromatic carbocycles. The summed E-state index contributed by atoms with van der Waals surface area (Å²) in [5.74, 6) is 1.21. The average Bonchev–Trinajstić information content (AvgIpc) is 3.15. The first-order valence-electron chi connectivity index (χ1n) is 8.64. The molecule has 6 nitrogen and oxygen atoms in total. The Kier molecular flexibility index (Phi) is 4.61. The summed E-state index contributed by atoms with van der Waals surface area (Å²) in [5.41, 5.74) is 4.20. The fourth-order valence-corrected chi connectivity index (χ4v) is 2.75. The van der Waals surface area contributed by atoms with E-state index in [0.29, 0.717) is 18.0 Å². The van der Waals surface area contributed by atoms with E-state index in [1.165, 1.54) is 5.56 Å². The molecule has 1 aliphatic rings. The molecular weight excluding hydrogens is 342 g/mol. The number of carbonyl (C=O) groups excluding carboxylic acids is 1. The van der Waals surface area contributed by atoms with Crippen LogP contribution in [0.4, 0.5) is 11.4 Å². The van der Waals surface area contributed by atoms with Crippen LogP contribution in [0.2, 0.25) is 0 Å². The van der Waals surface area contributed by atoms with Crippen LogP contribution in [0, 0.1) is 6.92 Å². The van der Waals surface area contributed by atoms with Crippen molar-refractivity contribution in [2.45, 2.75) is 13.5 Å². The molecule has 0 saturated heterocycles. The monoisotopic (exact) mass is 361 g/mol. The lowest BCUT2D eigenvalue weighted by Crippen LogP contribution is -2.23. The zero-order chi connectivity index (χ0) is 18.6. The zero-order valence-electron chi connectivity index (χ0n) is 14.9. The van der Waals surface area contributed by atoms with Gasteiger partial charge in [0.15, 0.2) is 11.5 Å². The van der Waals surface area contributed by atoms with Crippen LogP contribution >= 0.6 is 0 Å². The minimum atomic E-state index is -0.218. The van der Waals surface area contributed by atoms with Gasteiger partial charge in [0.25, 0.3) is 5.91 Å². The molecule has 27 heavy (non-hydrogen) atoms. The number of nitrogens with one attached hydrogen (secondary N) is 2. The van der Waals surface area contributed by atoms with Gasteiger partial charge in [0.05, 0.1) is 0 Å². The summed E-state index contributed by atoms with van der Waals surface area (Å²) >= 11 is 0. The first-order valence-corrected chi connectivity index (χ1v) is 8.64. The molecule has 0 saturated carbocycles. The van der Waals surface area contributed by atoms with Crippen molar-refractivity contribution in [2.75, 3.05) is 12.1 Å². The molecule has 1 amide bonds. The van der Waals surface area contributed by atoms with Gasteiger partial charge in [0, 0.05) is 30.2 Å². The number of carbonyl (C=O) groups is 1. The fraction of sp³-hybridized carbons (Fsp3) is 0.143. The molecule has 136 valence electrons. The lowest BCUT2D eigenvalue weighted by Gasteiger charge is -2.09. The molecule has 0 radical (unpaired) electrons. The van der Waals surface area contributed by atoms with Gasteiger partial charge in [-0.3, -0.25) is 9.78 Å². The summed E-state index contributed by atoms with van der Waals surface area (Å²) in [5, 5.41) is 6.15.